The summed E-state index contributed by atoms with van der Waals surface area (Å²) in [6, 6.07) is 1.27. The van der Waals surface area contributed by atoms with Gasteiger partial charge in [-0.15, -0.1) is 16.8 Å². The van der Waals surface area contributed by atoms with Gasteiger partial charge in [0.15, 0.2) is 0 Å². The smallest absolute Gasteiger partial charge is 0.256 e. The molecule has 0 saturated carbocycles. The number of hydrogen-bond donors (Lipinski definition) is 2. The number of sulfonamides is 1. The molecule has 0 aromatic heterocycles. The Morgan fingerprint density at radius 2 is 1.96 bits per heavy atom. The Bertz CT molecular complexity index is 719. The maximum absolute atomic E-state index is 12.5. The number of carbonyl (C=O) groups is 1. The fourth-order valence-electron chi connectivity index (χ4n) is 3.78. The lowest BCUT2D eigenvalue weighted by atomic mass is 9.99. The number of rotatable bonds is 2. The molecule has 0 aromatic carbocycles. The van der Waals surface area contributed by atoms with Crippen LogP contribution in [0.5, 0.6) is 0 Å². The zero-order chi connectivity index (χ0) is 16.0. The van der Waals surface area contributed by atoms with Crippen LogP contribution in [-0.2, 0) is 14.8 Å². The summed E-state index contributed by atoms with van der Waals surface area (Å²) in [6.07, 6.45) is 9.28. The molecule has 7 nitrogen and oxygen atoms in total. The predicted molar refractivity (Wildman–Crippen MR) is 93.5 cm³/mol. The van der Waals surface area contributed by atoms with Crippen LogP contribution in [0, 0.1) is 0 Å². The van der Waals surface area contributed by atoms with Gasteiger partial charge in [-0.3, -0.25) is 4.79 Å². The van der Waals surface area contributed by atoms with Gasteiger partial charge in [-0.25, -0.2) is 8.42 Å². The summed E-state index contributed by atoms with van der Waals surface area (Å²) < 4.78 is 26.7. The molecule has 4 rings (SSSR count). The molecule has 4 heterocycles. The topological polar surface area (TPSA) is 90.9 Å². The Morgan fingerprint density at radius 3 is 2.67 bits per heavy atom. The molecule has 0 radical (unpaired) electrons. The summed E-state index contributed by atoms with van der Waals surface area (Å²) in [6.45, 7) is 0.333. The molecule has 24 heavy (non-hydrogen) atoms. The van der Waals surface area contributed by atoms with E-state index in [0.29, 0.717) is 30.0 Å². The second-order valence-electron chi connectivity index (χ2n) is 6.63. The zero-order valence-corrected chi connectivity index (χ0v) is 14.8. The highest BCUT2D eigenvalue weighted by Gasteiger charge is 2.34. The Labute approximate surface area is 147 Å². The highest BCUT2D eigenvalue weighted by atomic mass is 35.5. The molecular formula is C15H21ClN4O3S. The first-order valence-electron chi connectivity index (χ1n) is 8.05. The number of halogens is 1. The van der Waals surface area contributed by atoms with Gasteiger partial charge < -0.3 is 15.5 Å². The lowest BCUT2D eigenvalue weighted by Gasteiger charge is -2.31. The molecule has 132 valence electrons. The minimum Gasteiger partial charge on any atom is -0.349 e. The molecular weight excluding hydrogens is 352 g/mol. The third-order valence-electron chi connectivity index (χ3n) is 4.89. The summed E-state index contributed by atoms with van der Waals surface area (Å²) in [5.41, 5.74) is 0.550. The predicted octanol–water partition coefficient (Wildman–Crippen LogP) is 0.305. The van der Waals surface area contributed by atoms with Crippen LogP contribution in [0.15, 0.2) is 28.3 Å². The van der Waals surface area contributed by atoms with Crippen LogP contribution in [0.2, 0.25) is 0 Å². The van der Waals surface area contributed by atoms with E-state index in [1.807, 2.05) is 0 Å². The first-order chi connectivity index (χ1) is 11.0. The zero-order valence-electron chi connectivity index (χ0n) is 13.1. The number of carbonyl (C=O) groups excluding carboxylic acids is 1. The lowest BCUT2D eigenvalue weighted by Crippen LogP contribution is -2.48. The van der Waals surface area contributed by atoms with Crippen LogP contribution in [0.25, 0.3) is 0 Å². The molecule has 1 amide bonds. The largest absolute Gasteiger partial charge is 0.349 e. The van der Waals surface area contributed by atoms with Gasteiger partial charge in [-0.1, -0.05) is 0 Å². The van der Waals surface area contributed by atoms with E-state index in [-0.39, 0.29) is 30.1 Å². The van der Waals surface area contributed by atoms with Gasteiger partial charge in [-0.05, 0) is 37.8 Å². The number of amidine groups is 1. The van der Waals surface area contributed by atoms with E-state index < -0.39 is 10.0 Å². The minimum absolute atomic E-state index is 0. The fourth-order valence-corrected chi connectivity index (χ4v) is 4.75. The Balaban J connectivity index is 0.00000169. The van der Waals surface area contributed by atoms with Crippen molar-refractivity contribution in [3.05, 3.63) is 23.9 Å². The van der Waals surface area contributed by atoms with E-state index in [4.69, 9.17) is 0 Å². The van der Waals surface area contributed by atoms with Crippen LogP contribution in [0.4, 0.5) is 0 Å². The van der Waals surface area contributed by atoms with Crippen molar-refractivity contribution in [1.82, 2.24) is 15.5 Å². The van der Waals surface area contributed by atoms with Gasteiger partial charge in [-0.2, -0.15) is 0 Å². The van der Waals surface area contributed by atoms with Crippen molar-refractivity contribution >= 4 is 34.2 Å². The molecule has 2 fully saturated rings. The third-order valence-corrected chi connectivity index (χ3v) is 6.06. The van der Waals surface area contributed by atoms with E-state index in [9.17, 15) is 13.2 Å². The van der Waals surface area contributed by atoms with Crippen molar-refractivity contribution in [2.75, 3.05) is 12.3 Å². The quantitative estimate of drug-likeness (QED) is 0.727. The molecule has 0 aliphatic carbocycles. The van der Waals surface area contributed by atoms with Crippen LogP contribution in [0.3, 0.4) is 0 Å². The number of fused-ring (bicyclic) bond motifs is 3. The van der Waals surface area contributed by atoms with Gasteiger partial charge in [0, 0.05) is 30.9 Å². The van der Waals surface area contributed by atoms with Gasteiger partial charge in [0.2, 0.25) is 0 Å². The highest BCUT2D eigenvalue weighted by molar-refractivity contribution is 7.90. The van der Waals surface area contributed by atoms with Crippen LogP contribution >= 0.6 is 12.4 Å². The normalized spacial score (nSPS) is 33.0. The molecule has 2 atom stereocenters. The van der Waals surface area contributed by atoms with Crippen molar-refractivity contribution in [3.8, 4) is 0 Å². The minimum atomic E-state index is -3.36. The molecule has 2 N–H and O–H groups in total. The van der Waals surface area contributed by atoms with Crippen molar-refractivity contribution in [2.45, 2.75) is 43.8 Å². The van der Waals surface area contributed by atoms with E-state index in [0.717, 1.165) is 12.8 Å². The maximum atomic E-state index is 12.5. The second-order valence-corrected chi connectivity index (χ2v) is 8.38. The summed E-state index contributed by atoms with van der Waals surface area (Å²) in [5, 5.41) is 6.68. The number of hydrogen-bond acceptors (Lipinski definition) is 5. The van der Waals surface area contributed by atoms with Crippen LogP contribution in [0.1, 0.15) is 25.7 Å². The molecule has 2 saturated heterocycles. The van der Waals surface area contributed by atoms with Crippen molar-refractivity contribution in [1.29, 1.82) is 0 Å². The van der Waals surface area contributed by atoms with Crippen molar-refractivity contribution in [3.63, 3.8) is 0 Å². The van der Waals surface area contributed by atoms with E-state index in [1.165, 1.54) is 12.8 Å². The number of piperidine rings is 1. The first-order valence-corrected chi connectivity index (χ1v) is 9.65. The molecule has 0 aromatic rings. The molecule has 2 unspecified atom stereocenters. The second kappa shape index (κ2) is 6.50. The van der Waals surface area contributed by atoms with Gasteiger partial charge >= 0.3 is 0 Å². The Kier molecular flexibility index (Phi) is 4.72. The van der Waals surface area contributed by atoms with Gasteiger partial charge in [0.1, 0.15) is 5.84 Å². The molecule has 9 heteroatoms. The number of nitrogens with one attached hydrogen (secondary N) is 2. The Hall–Kier alpha value is -1.38. The fraction of sp³-hybridized carbons (Fsp3) is 0.600. The van der Waals surface area contributed by atoms with E-state index in [2.05, 4.69) is 15.0 Å². The summed E-state index contributed by atoms with van der Waals surface area (Å²) in [4.78, 5) is 14.2. The third kappa shape index (κ3) is 3.50. The monoisotopic (exact) mass is 372 g/mol. The average Bonchev–Trinajstić information content (AvgIpc) is 2.84. The van der Waals surface area contributed by atoms with Crippen LogP contribution < -0.4 is 10.6 Å². The molecule has 4 aliphatic rings. The molecule has 4 aliphatic heterocycles. The molecule has 2 bridgehead atoms. The summed E-state index contributed by atoms with van der Waals surface area (Å²) >= 11 is 0. The number of amides is 1. The van der Waals surface area contributed by atoms with E-state index >= 15 is 0 Å². The summed E-state index contributed by atoms with van der Waals surface area (Å²) in [7, 11) is -3.36. The van der Waals surface area contributed by atoms with Gasteiger partial charge in [0.05, 0.1) is 11.3 Å². The van der Waals surface area contributed by atoms with Crippen molar-refractivity contribution < 1.29 is 13.2 Å². The van der Waals surface area contributed by atoms with Crippen LogP contribution in [-0.4, -0.2) is 55.5 Å². The van der Waals surface area contributed by atoms with Gasteiger partial charge in [0.25, 0.3) is 15.9 Å². The first kappa shape index (κ1) is 17.4. The summed E-state index contributed by atoms with van der Waals surface area (Å²) in [5.74, 6) is 0.265. The molecule has 0 spiro atoms. The standard InChI is InChI=1S/C15H20N4O3S.ClH/c20-15(17-13-7-11-2-3-12(8-13)16-11)10-1-4-14-18-23(21,22)6-5-19(14)9-10;/h1,4,9,11-13,16H,2-3,5-8H2,(H,17,20);1H. The lowest BCUT2D eigenvalue weighted by molar-refractivity contribution is -0.118. The maximum Gasteiger partial charge on any atom is 0.256 e. The highest BCUT2D eigenvalue weighted by Crippen LogP contribution is 2.27. The SMILES string of the molecule is Cl.O=C(NC1CC2CCC(C1)N2)C1=CN2CCS(=O)(=O)N=C2C=C1. The number of nitrogens with zero attached hydrogens (tertiary/aromatic N) is 2. The Morgan fingerprint density at radius 1 is 1.25 bits per heavy atom. The average molecular weight is 373 g/mol. The van der Waals surface area contributed by atoms with Crippen molar-refractivity contribution in [2.24, 2.45) is 4.40 Å². The van der Waals surface area contributed by atoms with E-state index in [1.54, 1.807) is 23.3 Å².